The highest BCUT2D eigenvalue weighted by molar-refractivity contribution is 5.92. The standard InChI is InChI=1S/C20H20F2N2O4/c1-12-3-5-14(6-4-12)18(23-13(2)25)10-20(27)28-11-19(26)24-17-8-7-15(21)9-16(17)22/h3-9,18H,10-11H2,1-2H3,(H,23,25)(H,24,26). The summed E-state index contributed by atoms with van der Waals surface area (Å²) in [6.45, 7) is 2.60. The molecule has 0 spiro atoms. The molecule has 2 aromatic rings. The van der Waals surface area contributed by atoms with Crippen molar-refractivity contribution >= 4 is 23.5 Å². The summed E-state index contributed by atoms with van der Waals surface area (Å²) in [4.78, 5) is 35.3. The fraction of sp³-hybridized carbons (Fsp3) is 0.250. The van der Waals surface area contributed by atoms with Crippen molar-refractivity contribution in [3.63, 3.8) is 0 Å². The second-order valence-corrected chi connectivity index (χ2v) is 6.20. The Bertz CT molecular complexity index is 869. The van der Waals surface area contributed by atoms with Crippen LogP contribution in [0.4, 0.5) is 14.5 Å². The molecule has 28 heavy (non-hydrogen) atoms. The van der Waals surface area contributed by atoms with Gasteiger partial charge in [0.2, 0.25) is 5.91 Å². The van der Waals surface area contributed by atoms with Gasteiger partial charge in [0.1, 0.15) is 11.6 Å². The van der Waals surface area contributed by atoms with Gasteiger partial charge in [-0.25, -0.2) is 8.78 Å². The molecule has 0 aliphatic rings. The van der Waals surface area contributed by atoms with E-state index in [4.69, 9.17) is 4.74 Å². The van der Waals surface area contributed by atoms with Crippen molar-refractivity contribution in [2.24, 2.45) is 0 Å². The first kappa shape index (κ1) is 21.0. The number of esters is 1. The number of carbonyl (C=O) groups excluding carboxylic acids is 3. The average molecular weight is 390 g/mol. The number of rotatable bonds is 7. The van der Waals surface area contributed by atoms with E-state index in [0.29, 0.717) is 6.07 Å². The minimum absolute atomic E-state index is 0.180. The lowest BCUT2D eigenvalue weighted by atomic mass is 10.0. The fourth-order valence-electron chi connectivity index (χ4n) is 2.45. The van der Waals surface area contributed by atoms with E-state index in [-0.39, 0.29) is 18.0 Å². The van der Waals surface area contributed by atoms with E-state index in [9.17, 15) is 23.2 Å². The molecule has 1 atom stereocenters. The van der Waals surface area contributed by atoms with Crippen LogP contribution in [-0.2, 0) is 19.1 Å². The molecule has 0 saturated heterocycles. The predicted molar refractivity (Wildman–Crippen MR) is 98.3 cm³/mol. The average Bonchev–Trinajstić information content (AvgIpc) is 2.62. The fourth-order valence-corrected chi connectivity index (χ4v) is 2.45. The largest absolute Gasteiger partial charge is 0.455 e. The van der Waals surface area contributed by atoms with Crippen molar-refractivity contribution in [1.82, 2.24) is 5.32 Å². The quantitative estimate of drug-likeness (QED) is 0.712. The van der Waals surface area contributed by atoms with Gasteiger partial charge in [-0.3, -0.25) is 14.4 Å². The number of ether oxygens (including phenoxy) is 1. The Kier molecular flexibility index (Phi) is 7.20. The summed E-state index contributed by atoms with van der Waals surface area (Å²) in [6.07, 6.45) is -0.180. The molecule has 0 aliphatic heterocycles. The lowest BCUT2D eigenvalue weighted by molar-refractivity contribution is -0.148. The molecule has 2 aromatic carbocycles. The molecule has 0 aromatic heterocycles. The molecular weight excluding hydrogens is 370 g/mol. The van der Waals surface area contributed by atoms with Crippen LogP contribution >= 0.6 is 0 Å². The van der Waals surface area contributed by atoms with Gasteiger partial charge in [0.15, 0.2) is 6.61 Å². The number of aryl methyl sites for hydroxylation is 1. The normalized spacial score (nSPS) is 11.4. The Labute approximate surface area is 160 Å². The molecule has 0 saturated carbocycles. The Morgan fingerprint density at radius 1 is 1.07 bits per heavy atom. The molecule has 6 nitrogen and oxygen atoms in total. The van der Waals surface area contributed by atoms with Gasteiger partial charge in [0.05, 0.1) is 18.2 Å². The predicted octanol–water partition coefficient (Wildman–Crippen LogP) is 3.02. The number of benzene rings is 2. The summed E-state index contributed by atoms with van der Waals surface area (Å²) >= 11 is 0. The summed E-state index contributed by atoms with van der Waals surface area (Å²) in [6, 6.07) is 9.34. The zero-order chi connectivity index (χ0) is 20.7. The highest BCUT2D eigenvalue weighted by Gasteiger charge is 2.19. The van der Waals surface area contributed by atoms with Gasteiger partial charge in [-0.2, -0.15) is 0 Å². The lowest BCUT2D eigenvalue weighted by Gasteiger charge is -2.18. The molecule has 2 amide bonds. The summed E-state index contributed by atoms with van der Waals surface area (Å²) < 4.78 is 31.3. The van der Waals surface area contributed by atoms with Gasteiger partial charge >= 0.3 is 5.97 Å². The first-order valence-electron chi connectivity index (χ1n) is 8.49. The van der Waals surface area contributed by atoms with E-state index >= 15 is 0 Å². The summed E-state index contributed by atoms with van der Waals surface area (Å²) in [7, 11) is 0. The topological polar surface area (TPSA) is 84.5 Å². The van der Waals surface area contributed by atoms with E-state index in [2.05, 4.69) is 10.6 Å². The van der Waals surface area contributed by atoms with E-state index in [1.807, 2.05) is 19.1 Å². The third-order valence-corrected chi connectivity index (χ3v) is 3.80. The highest BCUT2D eigenvalue weighted by atomic mass is 19.1. The molecule has 2 rings (SSSR count). The zero-order valence-corrected chi connectivity index (χ0v) is 15.4. The number of hydrogen-bond donors (Lipinski definition) is 2. The molecule has 0 aliphatic carbocycles. The smallest absolute Gasteiger partial charge is 0.308 e. The van der Waals surface area contributed by atoms with Crippen LogP contribution in [0.2, 0.25) is 0 Å². The molecule has 0 radical (unpaired) electrons. The lowest BCUT2D eigenvalue weighted by Crippen LogP contribution is -2.29. The summed E-state index contributed by atoms with van der Waals surface area (Å²) in [5.74, 6) is -3.52. The Morgan fingerprint density at radius 3 is 2.36 bits per heavy atom. The Balaban J connectivity index is 1.92. The second kappa shape index (κ2) is 9.59. The maximum atomic E-state index is 13.5. The van der Waals surface area contributed by atoms with Crippen LogP contribution < -0.4 is 10.6 Å². The van der Waals surface area contributed by atoms with Crippen molar-refractivity contribution in [3.8, 4) is 0 Å². The van der Waals surface area contributed by atoms with Gasteiger partial charge in [-0.1, -0.05) is 29.8 Å². The van der Waals surface area contributed by atoms with Crippen LogP contribution in [0, 0.1) is 18.6 Å². The Morgan fingerprint density at radius 2 is 1.75 bits per heavy atom. The number of carbonyl (C=O) groups is 3. The molecule has 2 N–H and O–H groups in total. The molecule has 148 valence electrons. The third kappa shape index (κ3) is 6.46. The maximum Gasteiger partial charge on any atom is 0.308 e. The van der Waals surface area contributed by atoms with Crippen LogP contribution in [0.15, 0.2) is 42.5 Å². The van der Waals surface area contributed by atoms with Gasteiger partial charge in [-0.05, 0) is 24.6 Å². The van der Waals surface area contributed by atoms with Crippen LogP contribution in [0.5, 0.6) is 0 Å². The van der Waals surface area contributed by atoms with Gasteiger partial charge in [0, 0.05) is 13.0 Å². The maximum absolute atomic E-state index is 13.5. The van der Waals surface area contributed by atoms with Gasteiger partial charge < -0.3 is 15.4 Å². The van der Waals surface area contributed by atoms with E-state index < -0.39 is 36.2 Å². The first-order chi connectivity index (χ1) is 13.2. The van der Waals surface area contributed by atoms with Crippen molar-refractivity contribution in [2.75, 3.05) is 11.9 Å². The third-order valence-electron chi connectivity index (χ3n) is 3.80. The number of amides is 2. The molecule has 8 heteroatoms. The first-order valence-corrected chi connectivity index (χ1v) is 8.49. The number of anilines is 1. The molecule has 0 heterocycles. The van der Waals surface area contributed by atoms with Crippen molar-refractivity contribution < 1.29 is 27.9 Å². The molecular formula is C20H20F2N2O4. The number of nitrogens with one attached hydrogen (secondary N) is 2. The van der Waals surface area contributed by atoms with Gasteiger partial charge in [-0.15, -0.1) is 0 Å². The van der Waals surface area contributed by atoms with Crippen molar-refractivity contribution in [3.05, 3.63) is 65.2 Å². The second-order valence-electron chi connectivity index (χ2n) is 6.20. The summed E-state index contributed by atoms with van der Waals surface area (Å²) in [5.41, 5.74) is 1.52. The van der Waals surface area contributed by atoms with Crippen LogP contribution in [0.25, 0.3) is 0 Å². The Hall–Kier alpha value is -3.29. The summed E-state index contributed by atoms with van der Waals surface area (Å²) in [5, 5.41) is 4.85. The van der Waals surface area contributed by atoms with Crippen LogP contribution in [0.1, 0.15) is 30.5 Å². The molecule has 0 bridgehead atoms. The number of halogens is 2. The molecule has 0 fully saturated rings. The molecule has 1 unspecified atom stereocenters. The number of hydrogen-bond acceptors (Lipinski definition) is 4. The van der Waals surface area contributed by atoms with Crippen LogP contribution in [-0.4, -0.2) is 24.4 Å². The highest BCUT2D eigenvalue weighted by Crippen LogP contribution is 2.18. The minimum Gasteiger partial charge on any atom is -0.455 e. The van der Waals surface area contributed by atoms with Crippen LogP contribution in [0.3, 0.4) is 0 Å². The van der Waals surface area contributed by atoms with Crippen molar-refractivity contribution in [1.29, 1.82) is 0 Å². The zero-order valence-electron chi connectivity index (χ0n) is 15.4. The van der Waals surface area contributed by atoms with E-state index in [0.717, 1.165) is 23.3 Å². The minimum atomic E-state index is -0.940. The van der Waals surface area contributed by atoms with E-state index in [1.54, 1.807) is 12.1 Å². The van der Waals surface area contributed by atoms with Crippen molar-refractivity contribution in [2.45, 2.75) is 26.3 Å². The van der Waals surface area contributed by atoms with E-state index in [1.165, 1.54) is 6.92 Å². The van der Waals surface area contributed by atoms with Gasteiger partial charge in [0.25, 0.3) is 5.91 Å². The monoisotopic (exact) mass is 390 g/mol. The SMILES string of the molecule is CC(=O)NC(CC(=O)OCC(=O)Nc1ccc(F)cc1F)c1ccc(C)cc1.